The number of rotatable bonds is 3. The molecule has 2 heterocycles. The summed E-state index contributed by atoms with van der Waals surface area (Å²) in [5.74, 6) is 0.233. The largest absolute Gasteiger partial charge is 0.355 e. The Bertz CT molecular complexity index is 717. The molecule has 0 bridgehead atoms. The van der Waals surface area contributed by atoms with Crippen LogP contribution >= 0.6 is 11.3 Å². The number of hydrogen-bond acceptors (Lipinski definition) is 5. The highest BCUT2D eigenvalue weighted by molar-refractivity contribution is 7.13. The molecule has 1 amide bonds. The van der Waals surface area contributed by atoms with E-state index in [9.17, 15) is 4.79 Å². The lowest BCUT2D eigenvalue weighted by molar-refractivity contribution is 0.101. The van der Waals surface area contributed by atoms with Crippen LogP contribution in [0.3, 0.4) is 0 Å². The van der Waals surface area contributed by atoms with Gasteiger partial charge in [-0.05, 0) is 6.92 Å². The molecule has 1 N–H and O–H groups in total. The molecule has 0 aliphatic carbocycles. The van der Waals surface area contributed by atoms with Gasteiger partial charge in [0.1, 0.15) is 0 Å². The van der Waals surface area contributed by atoms with Crippen molar-refractivity contribution >= 4 is 22.4 Å². The third kappa shape index (κ3) is 2.60. The zero-order chi connectivity index (χ0) is 13.9. The molecular formula is C14H11N3O2S. The Morgan fingerprint density at radius 3 is 2.80 bits per heavy atom. The van der Waals surface area contributed by atoms with Gasteiger partial charge in [-0.15, -0.1) is 11.3 Å². The zero-order valence-electron chi connectivity index (χ0n) is 10.7. The van der Waals surface area contributed by atoms with Gasteiger partial charge in [-0.3, -0.25) is 10.1 Å². The number of carbonyl (C=O) groups is 1. The molecule has 0 aliphatic heterocycles. The van der Waals surface area contributed by atoms with E-state index in [0.717, 1.165) is 11.1 Å². The van der Waals surface area contributed by atoms with E-state index in [1.807, 2.05) is 31.2 Å². The fourth-order valence-corrected chi connectivity index (χ4v) is 2.21. The van der Waals surface area contributed by atoms with Crippen molar-refractivity contribution in [3.8, 4) is 11.3 Å². The summed E-state index contributed by atoms with van der Waals surface area (Å²) in [5, 5.41) is 8.77. The summed E-state index contributed by atoms with van der Waals surface area (Å²) in [4.78, 5) is 15.9. The predicted octanol–water partition coefficient (Wildman–Crippen LogP) is 3.36. The summed E-state index contributed by atoms with van der Waals surface area (Å²) in [6.07, 6.45) is 1.63. The first kappa shape index (κ1) is 12.6. The lowest BCUT2D eigenvalue weighted by atomic mass is 10.1. The second-order valence-electron chi connectivity index (χ2n) is 4.23. The molecule has 0 atom stereocenters. The van der Waals surface area contributed by atoms with Crippen molar-refractivity contribution in [2.24, 2.45) is 0 Å². The Morgan fingerprint density at radius 1 is 1.30 bits per heavy atom. The Kier molecular flexibility index (Phi) is 3.30. The van der Waals surface area contributed by atoms with Gasteiger partial charge in [0.05, 0.1) is 0 Å². The van der Waals surface area contributed by atoms with E-state index in [1.54, 1.807) is 17.6 Å². The van der Waals surface area contributed by atoms with Gasteiger partial charge < -0.3 is 4.52 Å². The van der Waals surface area contributed by atoms with Gasteiger partial charge in [-0.2, -0.15) is 0 Å². The van der Waals surface area contributed by atoms with Crippen LogP contribution in [0.5, 0.6) is 0 Å². The monoisotopic (exact) mass is 285 g/mol. The number of carbonyl (C=O) groups excluding carboxylic acids is 1. The topological polar surface area (TPSA) is 68.0 Å². The van der Waals surface area contributed by atoms with E-state index in [2.05, 4.69) is 15.5 Å². The number of hydrogen-bond donors (Lipinski definition) is 1. The van der Waals surface area contributed by atoms with Gasteiger partial charge >= 0.3 is 0 Å². The number of aryl methyl sites for hydroxylation is 1. The van der Waals surface area contributed by atoms with Crippen LogP contribution in [-0.2, 0) is 0 Å². The van der Waals surface area contributed by atoms with Crippen LogP contribution in [0.4, 0.5) is 5.13 Å². The lowest BCUT2D eigenvalue weighted by Crippen LogP contribution is -2.11. The summed E-state index contributed by atoms with van der Waals surface area (Å²) in [7, 11) is 0. The normalized spacial score (nSPS) is 10.4. The summed E-state index contributed by atoms with van der Waals surface area (Å²) in [6, 6.07) is 9.44. The Morgan fingerprint density at radius 2 is 2.10 bits per heavy atom. The number of aromatic nitrogens is 2. The molecule has 0 saturated carbocycles. The molecule has 5 nitrogen and oxygen atoms in total. The Hall–Kier alpha value is -2.47. The van der Waals surface area contributed by atoms with Crippen LogP contribution in [0.15, 0.2) is 46.4 Å². The van der Waals surface area contributed by atoms with Crippen LogP contribution in [0.25, 0.3) is 11.3 Å². The molecule has 0 fully saturated rings. The van der Waals surface area contributed by atoms with Gasteiger partial charge in [0, 0.05) is 23.2 Å². The van der Waals surface area contributed by atoms with E-state index in [4.69, 9.17) is 4.52 Å². The van der Waals surface area contributed by atoms with Gasteiger partial charge in [-0.1, -0.05) is 35.0 Å². The maximum Gasteiger partial charge on any atom is 0.279 e. The third-order valence-corrected chi connectivity index (χ3v) is 3.42. The van der Waals surface area contributed by atoms with Gasteiger partial charge in [0.2, 0.25) is 0 Å². The standard InChI is InChI=1S/C14H11N3O2S/c1-9-2-4-10(5-3-9)12-8-11(17-19-12)13(18)16-14-15-6-7-20-14/h2-8H,1H3,(H,15,16,18). The Balaban J connectivity index is 1.79. The number of amides is 1. The van der Waals surface area contributed by atoms with Crippen molar-refractivity contribution in [1.29, 1.82) is 0 Å². The predicted molar refractivity (Wildman–Crippen MR) is 76.7 cm³/mol. The number of nitrogens with one attached hydrogen (secondary N) is 1. The lowest BCUT2D eigenvalue weighted by Gasteiger charge is -1.96. The minimum absolute atomic E-state index is 0.232. The molecule has 20 heavy (non-hydrogen) atoms. The summed E-state index contributed by atoms with van der Waals surface area (Å²) in [5.41, 5.74) is 2.28. The van der Waals surface area contributed by atoms with E-state index >= 15 is 0 Å². The summed E-state index contributed by atoms with van der Waals surface area (Å²) < 4.78 is 5.20. The molecule has 1 aromatic carbocycles. The molecule has 3 rings (SSSR count). The van der Waals surface area contributed by atoms with E-state index in [-0.39, 0.29) is 11.6 Å². The second kappa shape index (κ2) is 5.26. The molecule has 0 aliphatic rings. The second-order valence-corrected chi connectivity index (χ2v) is 5.13. The maximum absolute atomic E-state index is 11.9. The van der Waals surface area contributed by atoms with Crippen LogP contribution < -0.4 is 5.32 Å². The molecule has 2 aromatic heterocycles. The quantitative estimate of drug-likeness (QED) is 0.801. The van der Waals surface area contributed by atoms with Gasteiger partial charge in [0.15, 0.2) is 16.6 Å². The smallest absolute Gasteiger partial charge is 0.279 e. The number of nitrogens with zero attached hydrogens (tertiary/aromatic N) is 2. The average molecular weight is 285 g/mol. The average Bonchev–Trinajstić information content (AvgIpc) is 3.10. The third-order valence-electron chi connectivity index (χ3n) is 2.73. The first-order valence-electron chi connectivity index (χ1n) is 5.97. The molecule has 0 radical (unpaired) electrons. The summed E-state index contributed by atoms with van der Waals surface area (Å²) >= 11 is 1.35. The first-order chi connectivity index (χ1) is 9.72. The molecule has 0 spiro atoms. The fourth-order valence-electron chi connectivity index (χ4n) is 1.68. The van der Waals surface area contributed by atoms with Crippen molar-refractivity contribution in [3.63, 3.8) is 0 Å². The highest BCUT2D eigenvalue weighted by Crippen LogP contribution is 2.21. The zero-order valence-corrected chi connectivity index (χ0v) is 11.5. The molecule has 3 aromatic rings. The van der Waals surface area contributed by atoms with E-state index < -0.39 is 0 Å². The molecule has 0 unspecified atom stereocenters. The fraction of sp³-hybridized carbons (Fsp3) is 0.0714. The van der Waals surface area contributed by atoms with E-state index in [0.29, 0.717) is 10.9 Å². The van der Waals surface area contributed by atoms with Crippen molar-refractivity contribution < 1.29 is 9.32 Å². The highest BCUT2D eigenvalue weighted by Gasteiger charge is 2.14. The van der Waals surface area contributed by atoms with Crippen molar-refractivity contribution in [3.05, 3.63) is 53.2 Å². The highest BCUT2D eigenvalue weighted by atomic mass is 32.1. The van der Waals surface area contributed by atoms with Crippen LogP contribution in [0.1, 0.15) is 16.1 Å². The number of benzene rings is 1. The van der Waals surface area contributed by atoms with Gasteiger partial charge in [0.25, 0.3) is 5.91 Å². The van der Waals surface area contributed by atoms with Gasteiger partial charge in [-0.25, -0.2) is 4.98 Å². The van der Waals surface area contributed by atoms with Crippen molar-refractivity contribution in [2.75, 3.05) is 5.32 Å². The maximum atomic E-state index is 11.9. The van der Waals surface area contributed by atoms with Crippen molar-refractivity contribution in [2.45, 2.75) is 6.92 Å². The summed E-state index contributed by atoms with van der Waals surface area (Å²) in [6.45, 7) is 2.01. The molecule has 6 heteroatoms. The molecular weight excluding hydrogens is 274 g/mol. The van der Waals surface area contributed by atoms with Crippen LogP contribution in [0, 0.1) is 6.92 Å². The minimum atomic E-state index is -0.331. The first-order valence-corrected chi connectivity index (χ1v) is 6.85. The van der Waals surface area contributed by atoms with Crippen LogP contribution in [-0.4, -0.2) is 16.0 Å². The molecule has 0 saturated heterocycles. The van der Waals surface area contributed by atoms with Crippen LogP contribution in [0.2, 0.25) is 0 Å². The minimum Gasteiger partial charge on any atom is -0.355 e. The number of anilines is 1. The molecule has 100 valence electrons. The Labute approximate surface area is 119 Å². The van der Waals surface area contributed by atoms with Crippen molar-refractivity contribution in [1.82, 2.24) is 10.1 Å². The number of thiazole rings is 1. The SMILES string of the molecule is Cc1ccc(-c2cc(C(=O)Nc3nccs3)no2)cc1. The van der Waals surface area contributed by atoms with E-state index in [1.165, 1.54) is 11.3 Å².